The highest BCUT2D eigenvalue weighted by molar-refractivity contribution is 6.32. The van der Waals surface area contributed by atoms with Crippen molar-refractivity contribution in [2.45, 2.75) is 0 Å². The van der Waals surface area contributed by atoms with Crippen molar-refractivity contribution in [2.75, 3.05) is 0 Å². The number of hydrogen-bond acceptors (Lipinski definition) is 2. The predicted molar refractivity (Wildman–Crippen MR) is 65.2 cm³/mol. The van der Waals surface area contributed by atoms with Crippen LogP contribution in [0.5, 0.6) is 0 Å². The van der Waals surface area contributed by atoms with E-state index in [1.54, 1.807) is 41.5 Å². The fourth-order valence-corrected chi connectivity index (χ4v) is 1.77. The first-order chi connectivity index (χ1) is 8.18. The van der Waals surface area contributed by atoms with Gasteiger partial charge in [-0.1, -0.05) is 23.7 Å². The van der Waals surface area contributed by atoms with Gasteiger partial charge in [0.2, 0.25) is 0 Å². The standard InChI is InChI=1S/C12H9ClN2O2/c13-10-3-1-2-9(4-5-11(16)17)12(10)15-7-6-14-8-15/h1-8H,(H,16,17)/b5-4+. The van der Waals surface area contributed by atoms with E-state index in [9.17, 15) is 4.79 Å². The summed E-state index contributed by atoms with van der Waals surface area (Å²) in [4.78, 5) is 14.5. The third-order valence-electron chi connectivity index (χ3n) is 2.19. The van der Waals surface area contributed by atoms with E-state index in [-0.39, 0.29) is 0 Å². The van der Waals surface area contributed by atoms with Crippen LogP contribution in [-0.4, -0.2) is 20.6 Å². The zero-order chi connectivity index (χ0) is 12.3. The van der Waals surface area contributed by atoms with Gasteiger partial charge >= 0.3 is 5.97 Å². The van der Waals surface area contributed by atoms with Crippen LogP contribution in [-0.2, 0) is 4.79 Å². The van der Waals surface area contributed by atoms with Crippen LogP contribution < -0.4 is 0 Å². The van der Waals surface area contributed by atoms with Gasteiger partial charge in [0.1, 0.15) is 0 Å². The van der Waals surface area contributed by atoms with E-state index in [1.165, 1.54) is 6.08 Å². The normalized spacial score (nSPS) is 10.9. The summed E-state index contributed by atoms with van der Waals surface area (Å²) in [6, 6.07) is 5.31. The third kappa shape index (κ3) is 2.54. The molecule has 2 aromatic rings. The number of hydrogen-bond donors (Lipinski definition) is 1. The van der Waals surface area contributed by atoms with E-state index in [2.05, 4.69) is 4.98 Å². The average Bonchev–Trinajstić information content (AvgIpc) is 2.79. The van der Waals surface area contributed by atoms with Gasteiger partial charge in [0, 0.05) is 24.0 Å². The minimum Gasteiger partial charge on any atom is -0.478 e. The Labute approximate surface area is 103 Å². The van der Waals surface area contributed by atoms with Crippen molar-refractivity contribution >= 4 is 23.6 Å². The molecule has 1 aromatic heterocycles. The minimum atomic E-state index is -0.999. The molecule has 0 fully saturated rings. The molecular formula is C12H9ClN2O2. The number of para-hydroxylation sites is 1. The zero-order valence-corrected chi connectivity index (χ0v) is 9.50. The third-order valence-corrected chi connectivity index (χ3v) is 2.49. The van der Waals surface area contributed by atoms with Gasteiger partial charge in [-0.2, -0.15) is 0 Å². The van der Waals surface area contributed by atoms with Crippen LogP contribution in [0.15, 0.2) is 43.0 Å². The monoisotopic (exact) mass is 248 g/mol. The molecular weight excluding hydrogens is 240 g/mol. The van der Waals surface area contributed by atoms with E-state index < -0.39 is 5.97 Å². The number of benzene rings is 1. The molecule has 17 heavy (non-hydrogen) atoms. The molecule has 0 atom stereocenters. The van der Waals surface area contributed by atoms with Crippen LogP contribution in [0.1, 0.15) is 5.56 Å². The zero-order valence-electron chi connectivity index (χ0n) is 8.75. The van der Waals surface area contributed by atoms with Crippen LogP contribution in [0.25, 0.3) is 11.8 Å². The Morgan fingerprint density at radius 2 is 2.29 bits per heavy atom. The summed E-state index contributed by atoms with van der Waals surface area (Å²) in [5.74, 6) is -0.999. The maximum atomic E-state index is 10.5. The molecule has 0 saturated carbocycles. The Balaban J connectivity index is 2.53. The summed E-state index contributed by atoms with van der Waals surface area (Å²) in [7, 11) is 0. The van der Waals surface area contributed by atoms with Gasteiger partial charge in [-0.05, 0) is 12.1 Å². The van der Waals surface area contributed by atoms with Gasteiger partial charge in [-0.3, -0.25) is 0 Å². The maximum Gasteiger partial charge on any atom is 0.328 e. The topological polar surface area (TPSA) is 55.1 Å². The Kier molecular flexibility index (Phi) is 3.25. The van der Waals surface area contributed by atoms with Gasteiger partial charge in [-0.25, -0.2) is 9.78 Å². The number of rotatable bonds is 3. The smallest absolute Gasteiger partial charge is 0.328 e. The lowest BCUT2D eigenvalue weighted by atomic mass is 10.1. The second-order valence-electron chi connectivity index (χ2n) is 3.32. The fraction of sp³-hybridized carbons (Fsp3) is 0. The second kappa shape index (κ2) is 4.84. The van der Waals surface area contributed by atoms with Gasteiger partial charge in [0.25, 0.3) is 0 Å². The Morgan fingerprint density at radius 3 is 2.94 bits per heavy atom. The highest BCUT2D eigenvalue weighted by Crippen LogP contribution is 2.25. The lowest BCUT2D eigenvalue weighted by Crippen LogP contribution is -1.95. The number of carbonyl (C=O) groups is 1. The van der Waals surface area contributed by atoms with Gasteiger partial charge in [-0.15, -0.1) is 0 Å². The summed E-state index contributed by atoms with van der Waals surface area (Å²) in [5.41, 5.74) is 1.43. The molecule has 0 bridgehead atoms. The molecule has 0 spiro atoms. The SMILES string of the molecule is O=C(O)/C=C/c1cccc(Cl)c1-n1ccnc1. The van der Waals surface area contributed by atoms with Crippen molar-refractivity contribution < 1.29 is 9.90 Å². The lowest BCUT2D eigenvalue weighted by molar-refractivity contribution is -0.131. The average molecular weight is 249 g/mol. The van der Waals surface area contributed by atoms with E-state index in [1.807, 2.05) is 0 Å². The molecule has 1 aromatic carbocycles. The van der Waals surface area contributed by atoms with E-state index in [0.717, 1.165) is 11.6 Å². The van der Waals surface area contributed by atoms with E-state index >= 15 is 0 Å². The number of aromatic nitrogens is 2. The number of halogens is 1. The largest absolute Gasteiger partial charge is 0.478 e. The summed E-state index contributed by atoms with van der Waals surface area (Å²) in [6.45, 7) is 0. The van der Waals surface area contributed by atoms with Crippen LogP contribution >= 0.6 is 11.6 Å². The number of aliphatic carboxylic acids is 1. The number of carboxylic acid groups (broad SMARTS) is 1. The van der Waals surface area contributed by atoms with Crippen molar-refractivity contribution in [3.63, 3.8) is 0 Å². The van der Waals surface area contributed by atoms with Crippen molar-refractivity contribution in [3.05, 3.63) is 53.6 Å². The summed E-state index contributed by atoms with van der Waals surface area (Å²) >= 11 is 6.11. The lowest BCUT2D eigenvalue weighted by Gasteiger charge is -2.08. The van der Waals surface area contributed by atoms with Gasteiger partial charge < -0.3 is 9.67 Å². The summed E-state index contributed by atoms with van der Waals surface area (Å²) in [6.07, 6.45) is 7.57. The summed E-state index contributed by atoms with van der Waals surface area (Å²) < 4.78 is 1.74. The first-order valence-corrected chi connectivity index (χ1v) is 5.24. The molecule has 0 radical (unpaired) electrons. The van der Waals surface area contributed by atoms with Crippen LogP contribution in [0.3, 0.4) is 0 Å². The molecule has 86 valence electrons. The summed E-state index contributed by atoms with van der Waals surface area (Å²) in [5, 5.41) is 9.16. The Hall–Kier alpha value is -2.07. The van der Waals surface area contributed by atoms with Crippen molar-refractivity contribution in [2.24, 2.45) is 0 Å². The van der Waals surface area contributed by atoms with Crippen LogP contribution in [0.4, 0.5) is 0 Å². The van der Waals surface area contributed by atoms with Crippen molar-refractivity contribution in [1.82, 2.24) is 9.55 Å². The molecule has 0 unspecified atom stereocenters. The van der Waals surface area contributed by atoms with E-state index in [4.69, 9.17) is 16.7 Å². The van der Waals surface area contributed by atoms with Gasteiger partial charge in [0.05, 0.1) is 17.0 Å². The Morgan fingerprint density at radius 1 is 1.47 bits per heavy atom. The molecule has 0 aliphatic carbocycles. The van der Waals surface area contributed by atoms with Gasteiger partial charge in [0.15, 0.2) is 0 Å². The van der Waals surface area contributed by atoms with Crippen LogP contribution in [0.2, 0.25) is 5.02 Å². The Bertz CT molecular complexity index is 562. The quantitative estimate of drug-likeness (QED) is 0.850. The maximum absolute atomic E-state index is 10.5. The molecule has 0 amide bonds. The highest BCUT2D eigenvalue weighted by Gasteiger charge is 2.06. The van der Waals surface area contributed by atoms with Crippen molar-refractivity contribution in [1.29, 1.82) is 0 Å². The predicted octanol–water partition coefficient (Wildman–Crippen LogP) is 2.62. The molecule has 0 saturated heterocycles. The minimum absolute atomic E-state index is 0.538. The first kappa shape index (κ1) is 11.4. The van der Waals surface area contributed by atoms with Crippen molar-refractivity contribution in [3.8, 4) is 5.69 Å². The molecule has 2 rings (SSSR count). The second-order valence-corrected chi connectivity index (χ2v) is 3.73. The fourth-order valence-electron chi connectivity index (χ4n) is 1.49. The van der Waals surface area contributed by atoms with E-state index in [0.29, 0.717) is 10.7 Å². The molecule has 0 aliphatic rings. The molecule has 5 heteroatoms. The van der Waals surface area contributed by atoms with Crippen LogP contribution in [0, 0.1) is 0 Å². The number of carboxylic acids is 1. The first-order valence-electron chi connectivity index (χ1n) is 4.86. The molecule has 1 heterocycles. The number of imidazole rings is 1. The molecule has 4 nitrogen and oxygen atoms in total. The molecule has 0 aliphatic heterocycles. The highest BCUT2D eigenvalue weighted by atomic mass is 35.5. The molecule has 1 N–H and O–H groups in total. The number of nitrogens with zero attached hydrogens (tertiary/aromatic N) is 2.